The summed E-state index contributed by atoms with van der Waals surface area (Å²) in [4.78, 5) is 12.1. The number of sulfone groups is 1. The van der Waals surface area contributed by atoms with E-state index in [4.69, 9.17) is 26.3 Å². The Kier molecular flexibility index (Phi) is 8.21. The summed E-state index contributed by atoms with van der Waals surface area (Å²) in [6, 6.07) is 13.3. The molecule has 0 saturated carbocycles. The Hall–Kier alpha value is -2.77. The molecular formula is C23H25ClN2O6S. The molecule has 1 heterocycles. The molecule has 0 spiro atoms. The molecule has 1 aliphatic heterocycles. The molecule has 0 aromatic heterocycles. The van der Waals surface area contributed by atoms with Crippen molar-refractivity contribution in [3.8, 4) is 17.6 Å². The van der Waals surface area contributed by atoms with E-state index in [0.29, 0.717) is 30.4 Å². The van der Waals surface area contributed by atoms with E-state index in [1.54, 1.807) is 19.1 Å². The summed E-state index contributed by atoms with van der Waals surface area (Å²) in [5, 5.41) is 9.60. The number of amides is 1. The summed E-state index contributed by atoms with van der Waals surface area (Å²) < 4.78 is 37.8. The van der Waals surface area contributed by atoms with Gasteiger partial charge in [-0.05, 0) is 48.9 Å². The van der Waals surface area contributed by atoms with Crippen LogP contribution in [-0.4, -0.2) is 49.2 Å². The highest BCUT2D eigenvalue weighted by Gasteiger charge is 2.50. The standard InChI is InChI=1S/C23H25ClN2O6S/c1-2-3-16-31-20-8-10-21(11-9-20)33(29,30)23(32-22(27)25-28)12-14-26(15-13-23)17-18-4-6-19(24)7-5-18/h4-11,28H,12-17H2,1H3,(H,25,27). The van der Waals surface area contributed by atoms with E-state index in [0.717, 1.165) is 5.56 Å². The molecule has 10 heteroatoms. The van der Waals surface area contributed by atoms with Crippen LogP contribution in [0.15, 0.2) is 53.4 Å². The number of nitrogens with zero attached hydrogens (tertiary/aromatic N) is 1. The van der Waals surface area contributed by atoms with Crippen molar-refractivity contribution >= 4 is 27.5 Å². The highest BCUT2D eigenvalue weighted by molar-refractivity contribution is 7.92. The number of carbonyl (C=O) groups excluding carboxylic acids is 1. The first-order valence-corrected chi connectivity index (χ1v) is 12.1. The maximum Gasteiger partial charge on any atom is 0.432 e. The Labute approximate surface area is 198 Å². The van der Waals surface area contributed by atoms with Crippen molar-refractivity contribution in [1.82, 2.24) is 10.4 Å². The first-order valence-electron chi connectivity index (χ1n) is 10.3. The smallest absolute Gasteiger partial charge is 0.432 e. The van der Waals surface area contributed by atoms with Crippen LogP contribution >= 0.6 is 11.6 Å². The zero-order valence-corrected chi connectivity index (χ0v) is 19.7. The van der Waals surface area contributed by atoms with E-state index in [2.05, 4.69) is 16.7 Å². The van der Waals surface area contributed by atoms with Crippen LogP contribution in [0.2, 0.25) is 5.02 Å². The molecular weight excluding hydrogens is 468 g/mol. The van der Waals surface area contributed by atoms with Gasteiger partial charge in [-0.25, -0.2) is 18.7 Å². The molecule has 33 heavy (non-hydrogen) atoms. The number of hydroxylamine groups is 1. The SMILES string of the molecule is CC#CCOc1ccc(S(=O)(=O)C2(OC(=O)NO)CCN(Cc3ccc(Cl)cc3)CC2)cc1. The summed E-state index contributed by atoms with van der Waals surface area (Å²) in [6.07, 6.45) is -1.13. The molecule has 0 unspecified atom stereocenters. The number of nitrogens with one attached hydrogen (secondary N) is 1. The summed E-state index contributed by atoms with van der Waals surface area (Å²) >= 11 is 5.93. The fourth-order valence-corrected chi connectivity index (χ4v) is 5.59. The number of halogens is 1. The van der Waals surface area contributed by atoms with Crippen molar-refractivity contribution in [2.45, 2.75) is 36.1 Å². The highest BCUT2D eigenvalue weighted by Crippen LogP contribution is 2.37. The fraction of sp³-hybridized carbons (Fsp3) is 0.348. The van der Waals surface area contributed by atoms with Gasteiger partial charge in [0.25, 0.3) is 0 Å². The van der Waals surface area contributed by atoms with Crippen molar-refractivity contribution in [2.75, 3.05) is 19.7 Å². The van der Waals surface area contributed by atoms with Crippen molar-refractivity contribution in [3.63, 3.8) is 0 Å². The number of hydrogen-bond acceptors (Lipinski definition) is 7. The third-order valence-corrected chi connectivity index (χ3v) is 8.03. The minimum absolute atomic E-state index is 0.00619. The van der Waals surface area contributed by atoms with Crippen molar-refractivity contribution in [1.29, 1.82) is 0 Å². The predicted octanol–water partition coefficient (Wildman–Crippen LogP) is 3.62. The number of likely N-dealkylation sites (tertiary alicyclic amines) is 1. The second kappa shape index (κ2) is 10.9. The lowest BCUT2D eigenvalue weighted by Crippen LogP contribution is -2.52. The van der Waals surface area contributed by atoms with E-state index in [-0.39, 0.29) is 24.3 Å². The molecule has 1 fully saturated rings. The van der Waals surface area contributed by atoms with Crippen LogP contribution in [0.4, 0.5) is 4.79 Å². The number of benzene rings is 2. The molecule has 0 aliphatic carbocycles. The van der Waals surface area contributed by atoms with Crippen LogP contribution in [0.5, 0.6) is 5.75 Å². The maximum atomic E-state index is 13.6. The lowest BCUT2D eigenvalue weighted by atomic mass is 10.1. The molecule has 0 bridgehead atoms. The van der Waals surface area contributed by atoms with Gasteiger partial charge in [0.1, 0.15) is 12.4 Å². The van der Waals surface area contributed by atoms with E-state index in [1.807, 2.05) is 12.1 Å². The van der Waals surface area contributed by atoms with Crippen LogP contribution in [-0.2, 0) is 21.1 Å². The first-order chi connectivity index (χ1) is 15.8. The van der Waals surface area contributed by atoms with Gasteiger partial charge in [-0.3, -0.25) is 10.1 Å². The molecule has 1 aliphatic rings. The minimum atomic E-state index is -4.09. The third kappa shape index (κ3) is 5.97. The van der Waals surface area contributed by atoms with E-state index in [1.165, 1.54) is 29.7 Å². The average molecular weight is 493 g/mol. The molecule has 2 aromatic rings. The summed E-state index contributed by atoms with van der Waals surface area (Å²) in [5.41, 5.74) is 2.40. The van der Waals surface area contributed by atoms with Gasteiger partial charge < -0.3 is 9.47 Å². The molecule has 1 saturated heterocycles. The van der Waals surface area contributed by atoms with Gasteiger partial charge in [-0.15, -0.1) is 5.92 Å². The van der Waals surface area contributed by atoms with Crippen LogP contribution in [0.1, 0.15) is 25.3 Å². The Bertz CT molecular complexity index is 1120. The number of carbonyl (C=O) groups is 1. The quantitative estimate of drug-likeness (QED) is 0.345. The molecule has 0 atom stereocenters. The summed E-state index contributed by atoms with van der Waals surface area (Å²) in [7, 11) is -4.09. The van der Waals surface area contributed by atoms with Gasteiger partial charge in [0.15, 0.2) is 0 Å². The fourth-order valence-electron chi connectivity index (χ4n) is 3.64. The van der Waals surface area contributed by atoms with Gasteiger partial charge in [-0.2, -0.15) is 0 Å². The lowest BCUT2D eigenvalue weighted by molar-refractivity contribution is 0.000287. The van der Waals surface area contributed by atoms with Crippen LogP contribution < -0.4 is 10.2 Å². The van der Waals surface area contributed by atoms with Gasteiger partial charge in [0.2, 0.25) is 14.8 Å². The molecule has 3 rings (SSSR count). The van der Waals surface area contributed by atoms with Crippen LogP contribution in [0, 0.1) is 11.8 Å². The lowest BCUT2D eigenvalue weighted by Gasteiger charge is -2.40. The summed E-state index contributed by atoms with van der Waals surface area (Å²) in [6.45, 7) is 3.23. The monoisotopic (exact) mass is 492 g/mol. The number of hydrogen-bond donors (Lipinski definition) is 2. The Morgan fingerprint density at radius 1 is 1.15 bits per heavy atom. The number of piperidine rings is 1. The summed E-state index contributed by atoms with van der Waals surface area (Å²) in [5.74, 6) is 5.94. The number of rotatable bonds is 7. The molecule has 1 amide bonds. The van der Waals surface area contributed by atoms with Gasteiger partial charge in [0.05, 0.1) is 4.90 Å². The predicted molar refractivity (Wildman–Crippen MR) is 123 cm³/mol. The first kappa shape index (κ1) is 24.9. The molecule has 2 N–H and O–H groups in total. The molecule has 176 valence electrons. The third-order valence-electron chi connectivity index (χ3n) is 5.42. The van der Waals surface area contributed by atoms with Crippen LogP contribution in [0.25, 0.3) is 0 Å². The second-order valence-electron chi connectivity index (χ2n) is 7.50. The van der Waals surface area contributed by atoms with Crippen molar-refractivity contribution < 1.29 is 27.9 Å². The highest BCUT2D eigenvalue weighted by atomic mass is 35.5. The topological polar surface area (TPSA) is 105 Å². The average Bonchev–Trinajstić information content (AvgIpc) is 2.82. The Morgan fingerprint density at radius 3 is 2.36 bits per heavy atom. The number of ether oxygens (including phenoxy) is 2. The maximum absolute atomic E-state index is 13.6. The Balaban J connectivity index is 1.79. The van der Waals surface area contributed by atoms with Gasteiger partial charge in [-0.1, -0.05) is 29.7 Å². The molecule has 8 nitrogen and oxygen atoms in total. The van der Waals surface area contributed by atoms with Gasteiger partial charge >= 0.3 is 6.09 Å². The second-order valence-corrected chi connectivity index (χ2v) is 10.2. The van der Waals surface area contributed by atoms with Crippen molar-refractivity contribution in [3.05, 3.63) is 59.1 Å². The van der Waals surface area contributed by atoms with Gasteiger partial charge in [0, 0.05) is 37.5 Å². The molecule has 0 radical (unpaired) electrons. The normalized spacial score (nSPS) is 15.7. The van der Waals surface area contributed by atoms with E-state index < -0.39 is 20.9 Å². The van der Waals surface area contributed by atoms with E-state index >= 15 is 0 Å². The zero-order valence-electron chi connectivity index (χ0n) is 18.1. The minimum Gasteiger partial charge on any atom is -0.481 e. The van der Waals surface area contributed by atoms with Crippen molar-refractivity contribution in [2.24, 2.45) is 0 Å². The van der Waals surface area contributed by atoms with Crippen LogP contribution in [0.3, 0.4) is 0 Å². The Morgan fingerprint density at radius 2 is 1.79 bits per heavy atom. The van der Waals surface area contributed by atoms with E-state index in [9.17, 15) is 13.2 Å². The molecule has 2 aromatic carbocycles. The zero-order chi connectivity index (χ0) is 23.9. The largest absolute Gasteiger partial charge is 0.481 e.